The molecule has 1 aliphatic rings. The number of nitrogens with two attached hydrogens (primary N) is 1. The third-order valence-corrected chi connectivity index (χ3v) is 6.28. The molecule has 5 rings (SSSR count). The number of benzene rings is 2. The van der Waals surface area contributed by atoms with E-state index in [1.165, 1.54) is 17.3 Å². The molecular formula is C25H26ClN9O3. The summed E-state index contributed by atoms with van der Waals surface area (Å²) in [6.07, 6.45) is 4.92. The molecule has 13 heteroatoms. The molecule has 1 amide bonds. The highest BCUT2D eigenvalue weighted by Crippen LogP contribution is 2.19. The first-order valence-electron chi connectivity index (χ1n) is 12.1. The summed E-state index contributed by atoms with van der Waals surface area (Å²) in [5.74, 6) is 0.223. The SMILES string of the molecule is Nc1nonc1-n1nnc(CN2CCCCC2)c1C(=O)NN=Cc1cccc(OCc2ccc(Cl)cc2)c1. The summed E-state index contributed by atoms with van der Waals surface area (Å²) in [5.41, 5.74) is 10.8. The van der Waals surface area contributed by atoms with Crippen molar-refractivity contribution >= 4 is 29.5 Å². The van der Waals surface area contributed by atoms with Crippen molar-refractivity contribution in [3.8, 4) is 11.6 Å². The van der Waals surface area contributed by atoms with Gasteiger partial charge in [-0.3, -0.25) is 9.69 Å². The molecule has 196 valence electrons. The standard InChI is InChI=1S/C25H26ClN9O3/c26-19-9-7-17(8-10-19)16-37-20-6-4-5-18(13-20)14-28-30-25(36)22-21(15-34-11-2-1-3-12-34)29-33-35(22)24-23(27)31-38-32-24/h4-10,13-14H,1-3,11-12,15-16H2,(H2,27,31)(H,30,36). The molecule has 0 bridgehead atoms. The van der Waals surface area contributed by atoms with Crippen LogP contribution >= 0.6 is 11.6 Å². The molecule has 1 saturated heterocycles. The largest absolute Gasteiger partial charge is 0.489 e. The van der Waals surface area contributed by atoms with Gasteiger partial charge in [0.2, 0.25) is 11.6 Å². The van der Waals surface area contributed by atoms with Crippen LogP contribution in [0.2, 0.25) is 5.02 Å². The lowest BCUT2D eigenvalue weighted by Crippen LogP contribution is -2.31. The van der Waals surface area contributed by atoms with E-state index in [0.717, 1.165) is 37.1 Å². The molecule has 2 aromatic heterocycles. The Balaban J connectivity index is 1.28. The van der Waals surface area contributed by atoms with Crippen molar-refractivity contribution in [2.75, 3.05) is 18.8 Å². The van der Waals surface area contributed by atoms with Gasteiger partial charge < -0.3 is 10.5 Å². The molecule has 0 unspecified atom stereocenters. The van der Waals surface area contributed by atoms with Crippen LogP contribution in [0.3, 0.4) is 0 Å². The van der Waals surface area contributed by atoms with Crippen LogP contribution in [-0.4, -0.2) is 55.4 Å². The lowest BCUT2D eigenvalue weighted by Gasteiger charge is -2.25. The number of nitrogens with zero attached hydrogens (tertiary/aromatic N) is 7. The third kappa shape index (κ3) is 6.15. The number of nitrogens with one attached hydrogen (secondary N) is 1. The lowest BCUT2D eigenvalue weighted by atomic mass is 10.1. The number of hydrogen-bond acceptors (Lipinski definition) is 10. The van der Waals surface area contributed by atoms with Crippen LogP contribution in [0.15, 0.2) is 58.3 Å². The third-order valence-electron chi connectivity index (χ3n) is 6.03. The smallest absolute Gasteiger partial charge is 0.292 e. The van der Waals surface area contributed by atoms with E-state index in [9.17, 15) is 4.79 Å². The van der Waals surface area contributed by atoms with Crippen LogP contribution in [0.4, 0.5) is 5.82 Å². The number of carbonyl (C=O) groups is 1. The Morgan fingerprint density at radius 3 is 2.74 bits per heavy atom. The molecule has 0 spiro atoms. The van der Waals surface area contributed by atoms with E-state index in [1.54, 1.807) is 0 Å². The number of nitrogen functional groups attached to an aromatic ring is 1. The summed E-state index contributed by atoms with van der Waals surface area (Å²) < 4.78 is 11.8. The number of amides is 1. The van der Waals surface area contributed by atoms with Gasteiger partial charge in [0, 0.05) is 11.6 Å². The van der Waals surface area contributed by atoms with Crippen LogP contribution in [0.1, 0.15) is 46.6 Å². The Morgan fingerprint density at radius 1 is 1.16 bits per heavy atom. The average Bonchev–Trinajstić information content (AvgIpc) is 3.54. The Morgan fingerprint density at radius 2 is 1.97 bits per heavy atom. The monoisotopic (exact) mass is 535 g/mol. The van der Waals surface area contributed by atoms with Crippen molar-refractivity contribution in [1.82, 2.24) is 35.6 Å². The van der Waals surface area contributed by atoms with Gasteiger partial charge in [-0.1, -0.05) is 47.5 Å². The minimum atomic E-state index is -0.518. The van der Waals surface area contributed by atoms with Crippen molar-refractivity contribution in [3.63, 3.8) is 0 Å². The van der Waals surface area contributed by atoms with Crippen molar-refractivity contribution in [2.45, 2.75) is 32.4 Å². The number of ether oxygens (including phenoxy) is 1. The number of halogens is 1. The van der Waals surface area contributed by atoms with Crippen LogP contribution in [0.5, 0.6) is 5.75 Å². The molecule has 1 fully saturated rings. The quantitative estimate of drug-likeness (QED) is 0.243. The fraction of sp³-hybridized carbons (Fsp3) is 0.280. The van der Waals surface area contributed by atoms with Gasteiger partial charge in [0.05, 0.1) is 6.21 Å². The summed E-state index contributed by atoms with van der Waals surface area (Å²) in [7, 11) is 0. The first-order chi connectivity index (χ1) is 18.6. The van der Waals surface area contributed by atoms with Gasteiger partial charge in [0.25, 0.3) is 5.91 Å². The molecular weight excluding hydrogens is 510 g/mol. The Bertz CT molecular complexity index is 1410. The number of piperidine rings is 1. The minimum absolute atomic E-state index is 0.00705. The van der Waals surface area contributed by atoms with Gasteiger partial charge in [-0.05, 0) is 71.6 Å². The number of rotatable bonds is 9. The van der Waals surface area contributed by atoms with Gasteiger partial charge in [-0.15, -0.1) is 5.10 Å². The van der Waals surface area contributed by atoms with E-state index < -0.39 is 5.91 Å². The van der Waals surface area contributed by atoms with E-state index in [4.69, 9.17) is 26.7 Å². The average molecular weight is 536 g/mol. The first-order valence-corrected chi connectivity index (χ1v) is 12.5. The van der Waals surface area contributed by atoms with Crippen molar-refractivity contribution in [2.24, 2.45) is 5.10 Å². The molecule has 12 nitrogen and oxygen atoms in total. The molecule has 0 aliphatic carbocycles. The van der Waals surface area contributed by atoms with Crippen molar-refractivity contribution in [1.29, 1.82) is 0 Å². The maximum absolute atomic E-state index is 13.2. The number of aromatic nitrogens is 5. The normalized spacial score (nSPS) is 14.1. The number of likely N-dealkylation sites (tertiary alicyclic amines) is 1. The van der Waals surface area contributed by atoms with Gasteiger partial charge in [0.1, 0.15) is 18.1 Å². The zero-order chi connectivity index (χ0) is 26.3. The molecule has 4 aromatic rings. The summed E-state index contributed by atoms with van der Waals surface area (Å²) in [4.78, 5) is 15.5. The lowest BCUT2D eigenvalue weighted by molar-refractivity contribution is 0.0944. The molecule has 3 heterocycles. The Hall–Kier alpha value is -4.29. The second-order valence-electron chi connectivity index (χ2n) is 8.79. The maximum Gasteiger partial charge on any atom is 0.292 e. The summed E-state index contributed by atoms with van der Waals surface area (Å²) in [5, 5.41) is 20.5. The Labute approximate surface area is 223 Å². The molecule has 38 heavy (non-hydrogen) atoms. The minimum Gasteiger partial charge on any atom is -0.489 e. The highest BCUT2D eigenvalue weighted by molar-refractivity contribution is 6.30. The highest BCUT2D eigenvalue weighted by Gasteiger charge is 2.26. The number of hydrazone groups is 1. The van der Waals surface area contributed by atoms with Crippen molar-refractivity contribution < 1.29 is 14.2 Å². The van der Waals surface area contributed by atoms with E-state index in [1.807, 2.05) is 48.5 Å². The van der Waals surface area contributed by atoms with E-state index >= 15 is 0 Å². The molecule has 0 radical (unpaired) electrons. The predicted molar refractivity (Wildman–Crippen MR) is 140 cm³/mol. The fourth-order valence-corrected chi connectivity index (χ4v) is 4.24. The van der Waals surface area contributed by atoms with Gasteiger partial charge in [0.15, 0.2) is 5.69 Å². The second kappa shape index (κ2) is 11.8. The van der Waals surface area contributed by atoms with Crippen LogP contribution in [-0.2, 0) is 13.2 Å². The van der Waals surface area contributed by atoms with E-state index in [-0.39, 0.29) is 17.3 Å². The zero-order valence-corrected chi connectivity index (χ0v) is 21.2. The fourth-order valence-electron chi connectivity index (χ4n) is 4.11. The number of carbonyl (C=O) groups excluding carboxylic acids is 1. The predicted octanol–water partition coefficient (Wildman–Crippen LogP) is 3.21. The highest BCUT2D eigenvalue weighted by atomic mass is 35.5. The number of anilines is 1. The maximum atomic E-state index is 13.2. The summed E-state index contributed by atoms with van der Waals surface area (Å²) in [6, 6.07) is 14.8. The topological polar surface area (TPSA) is 150 Å². The molecule has 3 N–H and O–H groups in total. The summed E-state index contributed by atoms with van der Waals surface area (Å²) in [6.45, 7) is 2.71. The van der Waals surface area contributed by atoms with Crippen molar-refractivity contribution in [3.05, 3.63) is 76.1 Å². The van der Waals surface area contributed by atoms with E-state index in [2.05, 4.69) is 36.1 Å². The zero-order valence-electron chi connectivity index (χ0n) is 20.5. The second-order valence-corrected chi connectivity index (χ2v) is 9.23. The van der Waals surface area contributed by atoms with Crippen LogP contribution in [0.25, 0.3) is 5.82 Å². The first kappa shape index (κ1) is 25.4. The van der Waals surface area contributed by atoms with Gasteiger partial charge in [-0.25, -0.2) is 10.1 Å². The molecule has 1 aliphatic heterocycles. The van der Waals surface area contributed by atoms with E-state index in [0.29, 0.717) is 29.6 Å². The van der Waals surface area contributed by atoms with Gasteiger partial charge in [-0.2, -0.15) is 9.78 Å². The van der Waals surface area contributed by atoms with Crippen LogP contribution in [0, 0.1) is 0 Å². The summed E-state index contributed by atoms with van der Waals surface area (Å²) >= 11 is 5.94. The number of hydrogen-bond donors (Lipinski definition) is 2. The molecule has 0 atom stereocenters. The molecule has 2 aromatic carbocycles. The molecule has 0 saturated carbocycles. The van der Waals surface area contributed by atoms with Gasteiger partial charge >= 0.3 is 0 Å². The Kier molecular flexibility index (Phi) is 7.90. The van der Waals surface area contributed by atoms with Crippen LogP contribution < -0.4 is 15.9 Å².